The van der Waals surface area contributed by atoms with Crippen molar-refractivity contribution in [2.45, 2.75) is 77.8 Å². The van der Waals surface area contributed by atoms with Crippen LogP contribution in [0.3, 0.4) is 0 Å². The fraction of sp³-hybridized carbons (Fsp3) is 1.00. The number of likely N-dealkylation sites (tertiary alicyclic amines) is 1. The molecule has 1 saturated heterocycles. The zero-order valence-corrected chi connectivity index (χ0v) is 13.8. The van der Waals surface area contributed by atoms with Crippen LogP contribution in [0.25, 0.3) is 0 Å². The van der Waals surface area contributed by atoms with Crippen molar-refractivity contribution in [1.29, 1.82) is 0 Å². The van der Waals surface area contributed by atoms with E-state index < -0.39 is 0 Å². The number of nitrogens with one attached hydrogen (secondary N) is 1. The van der Waals surface area contributed by atoms with E-state index in [1.807, 2.05) is 0 Å². The molecule has 1 heterocycles. The summed E-state index contributed by atoms with van der Waals surface area (Å²) in [7, 11) is 0. The van der Waals surface area contributed by atoms with Gasteiger partial charge < -0.3 is 5.32 Å². The Hall–Kier alpha value is -0.0800. The normalized spacial score (nSPS) is 41.0. The highest BCUT2D eigenvalue weighted by atomic mass is 15.2. The van der Waals surface area contributed by atoms with Gasteiger partial charge in [-0.3, -0.25) is 4.90 Å². The zero-order valence-electron chi connectivity index (χ0n) is 13.8. The second kappa shape index (κ2) is 5.96. The van der Waals surface area contributed by atoms with Gasteiger partial charge in [0.15, 0.2) is 0 Å². The predicted octanol–water partition coefficient (Wildman–Crippen LogP) is 3.67. The summed E-state index contributed by atoms with van der Waals surface area (Å²) in [6.45, 7) is 11.2. The fourth-order valence-electron chi connectivity index (χ4n) is 5.04. The highest BCUT2D eigenvalue weighted by Gasteiger charge is 2.44. The molecule has 0 aromatic heterocycles. The number of hydrogen-bond donors (Lipinski definition) is 1. The van der Waals surface area contributed by atoms with E-state index in [1.165, 1.54) is 64.6 Å². The van der Waals surface area contributed by atoms with Crippen LogP contribution in [-0.4, -0.2) is 36.6 Å². The van der Waals surface area contributed by atoms with Crippen molar-refractivity contribution in [3.05, 3.63) is 0 Å². The van der Waals surface area contributed by atoms with Crippen LogP contribution in [0.5, 0.6) is 0 Å². The minimum Gasteiger partial charge on any atom is -0.312 e. The van der Waals surface area contributed by atoms with E-state index in [1.54, 1.807) is 0 Å². The SMILES string of the molecule is CCCNC1CCC(C)(C)CC1N1CC2CCCC2C1. The van der Waals surface area contributed by atoms with Crippen molar-refractivity contribution in [1.82, 2.24) is 10.2 Å². The second-order valence-electron chi connectivity index (χ2n) is 8.44. The van der Waals surface area contributed by atoms with Crippen molar-refractivity contribution in [2.24, 2.45) is 17.3 Å². The Kier molecular flexibility index (Phi) is 4.42. The zero-order chi connectivity index (χ0) is 14.2. The van der Waals surface area contributed by atoms with Gasteiger partial charge in [0.2, 0.25) is 0 Å². The summed E-state index contributed by atoms with van der Waals surface area (Å²) in [5.74, 6) is 2.07. The van der Waals surface area contributed by atoms with Gasteiger partial charge in [0.25, 0.3) is 0 Å². The van der Waals surface area contributed by atoms with Crippen LogP contribution in [0, 0.1) is 17.3 Å². The van der Waals surface area contributed by atoms with E-state index in [4.69, 9.17) is 0 Å². The molecule has 3 fully saturated rings. The monoisotopic (exact) mass is 278 g/mol. The van der Waals surface area contributed by atoms with Crippen LogP contribution < -0.4 is 5.32 Å². The molecule has 1 aliphatic heterocycles. The maximum absolute atomic E-state index is 3.86. The molecule has 2 nitrogen and oxygen atoms in total. The quantitative estimate of drug-likeness (QED) is 0.844. The number of nitrogens with zero attached hydrogens (tertiary/aromatic N) is 1. The van der Waals surface area contributed by atoms with Crippen LogP contribution in [0.15, 0.2) is 0 Å². The molecule has 0 spiro atoms. The summed E-state index contributed by atoms with van der Waals surface area (Å²) in [5.41, 5.74) is 0.548. The molecular weight excluding hydrogens is 244 g/mol. The third-order valence-electron chi connectivity index (χ3n) is 6.24. The second-order valence-corrected chi connectivity index (χ2v) is 8.44. The first-order valence-corrected chi connectivity index (χ1v) is 9.06. The topological polar surface area (TPSA) is 15.3 Å². The molecule has 1 N–H and O–H groups in total. The number of fused-ring (bicyclic) bond motifs is 1. The van der Waals surface area contributed by atoms with E-state index in [9.17, 15) is 0 Å². The highest BCUT2D eigenvalue weighted by molar-refractivity contribution is 4.99. The lowest BCUT2D eigenvalue weighted by Gasteiger charge is -2.45. The van der Waals surface area contributed by atoms with Crippen molar-refractivity contribution >= 4 is 0 Å². The van der Waals surface area contributed by atoms with E-state index in [-0.39, 0.29) is 0 Å². The average molecular weight is 278 g/mol. The molecule has 4 unspecified atom stereocenters. The van der Waals surface area contributed by atoms with Gasteiger partial charge in [0.05, 0.1) is 0 Å². The van der Waals surface area contributed by atoms with Crippen LogP contribution in [0.2, 0.25) is 0 Å². The Balaban J connectivity index is 1.66. The van der Waals surface area contributed by atoms with Gasteiger partial charge in [-0.05, 0) is 62.3 Å². The molecule has 3 aliphatic rings. The molecule has 2 heteroatoms. The largest absolute Gasteiger partial charge is 0.312 e. The first kappa shape index (κ1) is 14.8. The molecule has 0 amide bonds. The molecule has 3 rings (SSSR count). The van der Waals surface area contributed by atoms with Gasteiger partial charge in [0.1, 0.15) is 0 Å². The van der Waals surface area contributed by atoms with Crippen LogP contribution in [-0.2, 0) is 0 Å². The average Bonchev–Trinajstić information content (AvgIpc) is 2.97. The van der Waals surface area contributed by atoms with Crippen molar-refractivity contribution in [3.63, 3.8) is 0 Å². The summed E-state index contributed by atoms with van der Waals surface area (Å²) < 4.78 is 0. The maximum Gasteiger partial charge on any atom is 0.0254 e. The Morgan fingerprint density at radius 3 is 2.45 bits per heavy atom. The molecule has 0 radical (unpaired) electrons. The Labute approximate surface area is 125 Å². The van der Waals surface area contributed by atoms with Crippen LogP contribution in [0.1, 0.15) is 65.7 Å². The van der Waals surface area contributed by atoms with Crippen LogP contribution >= 0.6 is 0 Å². The van der Waals surface area contributed by atoms with E-state index in [0.717, 1.165) is 23.9 Å². The predicted molar refractivity (Wildman–Crippen MR) is 85.9 cm³/mol. The highest BCUT2D eigenvalue weighted by Crippen LogP contribution is 2.43. The molecule has 4 atom stereocenters. The van der Waals surface area contributed by atoms with Crippen molar-refractivity contribution in [2.75, 3.05) is 19.6 Å². The smallest absolute Gasteiger partial charge is 0.0254 e. The summed E-state index contributed by atoms with van der Waals surface area (Å²) in [6.07, 6.45) is 9.94. The summed E-state index contributed by atoms with van der Waals surface area (Å²) in [6, 6.07) is 1.55. The summed E-state index contributed by atoms with van der Waals surface area (Å²) >= 11 is 0. The first-order chi connectivity index (χ1) is 9.59. The Bertz CT molecular complexity index is 313. The lowest BCUT2D eigenvalue weighted by molar-refractivity contribution is 0.0754. The van der Waals surface area contributed by atoms with E-state index in [0.29, 0.717) is 5.41 Å². The molecule has 20 heavy (non-hydrogen) atoms. The van der Waals surface area contributed by atoms with Gasteiger partial charge in [-0.2, -0.15) is 0 Å². The van der Waals surface area contributed by atoms with Crippen LogP contribution in [0.4, 0.5) is 0 Å². The molecule has 2 aliphatic carbocycles. The number of hydrogen-bond acceptors (Lipinski definition) is 2. The molecule has 0 bridgehead atoms. The molecule has 116 valence electrons. The number of rotatable bonds is 4. The molecule has 0 aromatic rings. The van der Waals surface area contributed by atoms with Crippen molar-refractivity contribution in [3.8, 4) is 0 Å². The standard InChI is InChI=1S/C18H34N2/c1-4-10-19-16-8-9-18(2,3)11-17(16)20-12-14-6-5-7-15(14)13-20/h14-17,19H,4-13H2,1-3H3. The lowest BCUT2D eigenvalue weighted by atomic mass is 9.72. The molecule has 0 aromatic carbocycles. The first-order valence-electron chi connectivity index (χ1n) is 9.06. The Morgan fingerprint density at radius 1 is 1.10 bits per heavy atom. The molecule has 2 saturated carbocycles. The summed E-state index contributed by atoms with van der Waals surface area (Å²) in [5, 5.41) is 3.86. The van der Waals surface area contributed by atoms with Gasteiger partial charge >= 0.3 is 0 Å². The minimum absolute atomic E-state index is 0.548. The van der Waals surface area contributed by atoms with Gasteiger partial charge in [-0.25, -0.2) is 0 Å². The van der Waals surface area contributed by atoms with E-state index in [2.05, 4.69) is 31.0 Å². The molecular formula is C18H34N2. The van der Waals surface area contributed by atoms with E-state index >= 15 is 0 Å². The van der Waals surface area contributed by atoms with Crippen molar-refractivity contribution < 1.29 is 0 Å². The fourth-order valence-corrected chi connectivity index (χ4v) is 5.04. The third kappa shape index (κ3) is 3.06. The van der Waals surface area contributed by atoms with Gasteiger partial charge in [0, 0.05) is 25.2 Å². The maximum atomic E-state index is 3.86. The van der Waals surface area contributed by atoms with Gasteiger partial charge in [-0.15, -0.1) is 0 Å². The van der Waals surface area contributed by atoms with Gasteiger partial charge in [-0.1, -0.05) is 27.2 Å². The third-order valence-corrected chi connectivity index (χ3v) is 6.24. The lowest BCUT2D eigenvalue weighted by Crippen LogP contribution is -2.54. The minimum atomic E-state index is 0.548. The Morgan fingerprint density at radius 2 is 1.80 bits per heavy atom. The summed E-state index contributed by atoms with van der Waals surface area (Å²) in [4.78, 5) is 2.88.